The predicted octanol–water partition coefficient (Wildman–Crippen LogP) is 5.00. The van der Waals surface area contributed by atoms with E-state index in [-0.39, 0.29) is 5.78 Å². The first kappa shape index (κ1) is 21.7. The number of fused-ring (bicyclic) bond motifs is 1. The zero-order valence-corrected chi connectivity index (χ0v) is 19.8. The van der Waals surface area contributed by atoms with Crippen molar-refractivity contribution in [2.75, 3.05) is 36.5 Å². The quantitative estimate of drug-likeness (QED) is 0.382. The number of carbonyl (C=O) groups is 1. The van der Waals surface area contributed by atoms with Crippen molar-refractivity contribution in [3.8, 4) is 11.3 Å². The molecule has 2 aromatic carbocycles. The molecule has 4 aromatic rings. The minimum absolute atomic E-state index is 0.135. The number of morpholine rings is 1. The van der Waals surface area contributed by atoms with Gasteiger partial charge >= 0.3 is 0 Å². The summed E-state index contributed by atoms with van der Waals surface area (Å²) in [4.78, 5) is 28.5. The zero-order valence-electron chi connectivity index (χ0n) is 19.8. The molecule has 3 heterocycles. The Balaban J connectivity index is 1.37. The second-order valence-electron chi connectivity index (χ2n) is 9.10. The maximum atomic E-state index is 12.0. The number of hydrogen-bond donors (Lipinski definition) is 1. The van der Waals surface area contributed by atoms with Crippen LogP contribution in [0.4, 0.5) is 17.5 Å². The molecule has 6 rings (SSSR count). The lowest BCUT2D eigenvalue weighted by Gasteiger charge is -2.27. The second kappa shape index (κ2) is 9.11. The van der Waals surface area contributed by atoms with Gasteiger partial charge in [-0.3, -0.25) is 4.79 Å². The lowest BCUT2D eigenvalue weighted by Crippen LogP contribution is -2.37. The molecular weight excluding hydrogens is 440 g/mol. The minimum atomic E-state index is 0.135. The Kier molecular flexibility index (Phi) is 5.66. The van der Waals surface area contributed by atoms with Crippen molar-refractivity contribution in [1.82, 2.24) is 19.5 Å². The monoisotopic (exact) mass is 468 g/mol. The number of ether oxygens (including phenoxy) is 1. The molecule has 178 valence electrons. The Morgan fingerprint density at radius 1 is 1.06 bits per heavy atom. The molecule has 1 aliphatic carbocycles. The van der Waals surface area contributed by atoms with Crippen molar-refractivity contribution in [3.63, 3.8) is 0 Å². The van der Waals surface area contributed by atoms with Crippen molar-refractivity contribution in [2.24, 2.45) is 0 Å². The van der Waals surface area contributed by atoms with Crippen molar-refractivity contribution in [3.05, 3.63) is 60.4 Å². The van der Waals surface area contributed by atoms with Gasteiger partial charge in [0.15, 0.2) is 5.78 Å². The molecule has 8 nitrogen and oxygen atoms in total. The first-order valence-corrected chi connectivity index (χ1v) is 12.3. The Morgan fingerprint density at radius 3 is 2.60 bits per heavy atom. The van der Waals surface area contributed by atoms with Crippen molar-refractivity contribution >= 4 is 34.3 Å². The largest absolute Gasteiger partial charge is 0.378 e. The van der Waals surface area contributed by atoms with Gasteiger partial charge in [0, 0.05) is 48.4 Å². The fourth-order valence-electron chi connectivity index (χ4n) is 4.47. The SMILES string of the molecule is CCC(=O)c1ccc(Nc2cc(-c3ccc4ncn(C5CC5)c4c3)nc(N3CCOCC3)n2)cc1. The Hall–Kier alpha value is -3.78. The summed E-state index contributed by atoms with van der Waals surface area (Å²) in [5, 5.41) is 3.41. The van der Waals surface area contributed by atoms with Crippen LogP contribution < -0.4 is 10.2 Å². The third-order valence-corrected chi connectivity index (χ3v) is 6.62. The molecule has 0 bridgehead atoms. The molecule has 0 atom stereocenters. The highest BCUT2D eigenvalue weighted by molar-refractivity contribution is 5.96. The summed E-state index contributed by atoms with van der Waals surface area (Å²) >= 11 is 0. The lowest BCUT2D eigenvalue weighted by molar-refractivity contribution is 0.0988. The zero-order chi connectivity index (χ0) is 23.8. The highest BCUT2D eigenvalue weighted by atomic mass is 16.5. The van der Waals surface area contributed by atoms with Gasteiger partial charge < -0.3 is 19.5 Å². The van der Waals surface area contributed by atoms with Crippen LogP contribution in [0.3, 0.4) is 0 Å². The van der Waals surface area contributed by atoms with Crippen molar-refractivity contribution in [2.45, 2.75) is 32.2 Å². The highest BCUT2D eigenvalue weighted by Gasteiger charge is 2.25. The number of ketones is 1. The van der Waals surface area contributed by atoms with E-state index in [9.17, 15) is 4.79 Å². The molecule has 1 saturated heterocycles. The van der Waals surface area contributed by atoms with Gasteiger partial charge in [0.1, 0.15) is 5.82 Å². The van der Waals surface area contributed by atoms with E-state index in [2.05, 4.69) is 38.0 Å². The summed E-state index contributed by atoms with van der Waals surface area (Å²) in [6.07, 6.45) is 4.86. The normalized spacial score (nSPS) is 16.0. The fraction of sp³-hybridized carbons (Fsp3) is 0.333. The smallest absolute Gasteiger partial charge is 0.228 e. The first-order chi connectivity index (χ1) is 17.2. The number of benzene rings is 2. The Bertz CT molecular complexity index is 1370. The number of anilines is 3. The molecule has 0 spiro atoms. The number of hydrogen-bond acceptors (Lipinski definition) is 7. The van der Waals surface area contributed by atoms with Crippen LogP contribution in [0.15, 0.2) is 54.9 Å². The van der Waals surface area contributed by atoms with Crippen molar-refractivity contribution < 1.29 is 9.53 Å². The summed E-state index contributed by atoms with van der Waals surface area (Å²) in [5.41, 5.74) is 5.62. The van der Waals surface area contributed by atoms with Crippen LogP contribution in [0.1, 0.15) is 42.6 Å². The summed E-state index contributed by atoms with van der Waals surface area (Å²) in [7, 11) is 0. The fourth-order valence-corrected chi connectivity index (χ4v) is 4.47. The second-order valence-corrected chi connectivity index (χ2v) is 9.10. The number of imidazole rings is 1. The van der Waals surface area contributed by atoms with Crippen LogP contribution in [0.5, 0.6) is 0 Å². The van der Waals surface area contributed by atoms with Crippen LogP contribution in [-0.4, -0.2) is 51.6 Å². The Morgan fingerprint density at radius 2 is 1.86 bits per heavy atom. The molecule has 0 amide bonds. The van der Waals surface area contributed by atoms with Crippen molar-refractivity contribution in [1.29, 1.82) is 0 Å². The van der Waals surface area contributed by atoms with Gasteiger partial charge in [0.25, 0.3) is 0 Å². The standard InChI is InChI=1S/C27H28N6O2/c1-2-25(34)18-3-6-20(7-4-18)29-26-16-23(30-27(31-26)32-11-13-35-14-12-32)19-5-10-22-24(15-19)33(17-28-22)21-8-9-21/h3-7,10,15-17,21H,2,8-9,11-14H2,1H3,(H,29,30,31). The molecule has 8 heteroatoms. The van der Waals surface area contributed by atoms with E-state index in [0.717, 1.165) is 46.6 Å². The van der Waals surface area contributed by atoms with Gasteiger partial charge in [-0.15, -0.1) is 0 Å². The third kappa shape index (κ3) is 4.49. The molecule has 35 heavy (non-hydrogen) atoms. The van der Waals surface area contributed by atoms with Gasteiger partial charge in [0.2, 0.25) is 5.95 Å². The molecule has 1 saturated carbocycles. The van der Waals surface area contributed by atoms with Gasteiger partial charge in [-0.05, 0) is 49.2 Å². The van der Waals surface area contributed by atoms with E-state index in [1.807, 2.05) is 43.6 Å². The molecule has 1 aliphatic heterocycles. The number of Topliss-reactive ketones (excluding diaryl/α,β-unsaturated/α-hetero) is 1. The molecule has 1 N–H and O–H groups in total. The molecule has 0 unspecified atom stereocenters. The van der Waals surface area contributed by atoms with Gasteiger partial charge in [-0.2, -0.15) is 4.98 Å². The average Bonchev–Trinajstić information content (AvgIpc) is 3.67. The van der Waals surface area contributed by atoms with Crippen LogP contribution in [0.2, 0.25) is 0 Å². The highest BCUT2D eigenvalue weighted by Crippen LogP contribution is 2.38. The van der Waals surface area contributed by atoms with Crippen LogP contribution in [-0.2, 0) is 4.74 Å². The Labute approximate surface area is 204 Å². The van der Waals surface area contributed by atoms with Crippen LogP contribution in [0.25, 0.3) is 22.3 Å². The van der Waals surface area contributed by atoms with E-state index in [1.165, 1.54) is 12.8 Å². The summed E-state index contributed by atoms with van der Waals surface area (Å²) in [5.74, 6) is 1.53. The third-order valence-electron chi connectivity index (χ3n) is 6.62. The number of nitrogens with zero attached hydrogens (tertiary/aromatic N) is 5. The summed E-state index contributed by atoms with van der Waals surface area (Å²) in [6.45, 7) is 4.71. The van der Waals surface area contributed by atoms with E-state index >= 15 is 0 Å². The number of rotatable bonds is 7. The maximum absolute atomic E-state index is 12.0. The molecule has 0 radical (unpaired) electrons. The van der Waals surface area contributed by atoms with E-state index in [0.29, 0.717) is 37.4 Å². The molecule has 2 aliphatic rings. The van der Waals surface area contributed by atoms with Gasteiger partial charge in [-0.25, -0.2) is 9.97 Å². The van der Waals surface area contributed by atoms with Crippen LogP contribution >= 0.6 is 0 Å². The topological polar surface area (TPSA) is 85.2 Å². The molecular formula is C27H28N6O2. The van der Waals surface area contributed by atoms with E-state index < -0.39 is 0 Å². The molecule has 2 fully saturated rings. The average molecular weight is 469 g/mol. The minimum Gasteiger partial charge on any atom is -0.378 e. The summed E-state index contributed by atoms with van der Waals surface area (Å²) < 4.78 is 7.81. The lowest BCUT2D eigenvalue weighted by atomic mass is 10.1. The maximum Gasteiger partial charge on any atom is 0.228 e. The van der Waals surface area contributed by atoms with Crippen LogP contribution in [0, 0.1) is 0 Å². The van der Waals surface area contributed by atoms with E-state index in [1.54, 1.807) is 0 Å². The number of carbonyl (C=O) groups excluding carboxylic acids is 1. The van der Waals surface area contributed by atoms with Gasteiger partial charge in [0.05, 0.1) is 36.3 Å². The molecule has 2 aromatic heterocycles. The summed E-state index contributed by atoms with van der Waals surface area (Å²) in [6, 6.07) is 16.4. The first-order valence-electron chi connectivity index (χ1n) is 12.3. The number of aromatic nitrogens is 4. The van der Waals surface area contributed by atoms with E-state index in [4.69, 9.17) is 14.7 Å². The number of nitrogens with one attached hydrogen (secondary N) is 1. The van der Waals surface area contributed by atoms with Gasteiger partial charge in [-0.1, -0.05) is 13.0 Å². The predicted molar refractivity (Wildman–Crippen MR) is 136 cm³/mol.